The minimum atomic E-state index is -5.23. The third-order valence-electron chi connectivity index (χ3n) is 10.5. The second-order valence-electron chi connectivity index (χ2n) is 15.3. The topological polar surface area (TPSA) is 0 Å². The largest absolute Gasteiger partial charge is 0.416 e. The van der Waals surface area contributed by atoms with E-state index in [9.17, 15) is 52.7 Å². The van der Waals surface area contributed by atoms with Crippen molar-refractivity contribution in [2.75, 3.05) is 0 Å². The Bertz CT molecular complexity index is 1810. The molecule has 0 nitrogen and oxygen atoms in total. The molecule has 2 aliphatic rings. The zero-order valence-electron chi connectivity index (χ0n) is 32.8. The van der Waals surface area contributed by atoms with E-state index in [0.717, 1.165) is 11.6 Å². The molecule has 2 aliphatic carbocycles. The molecular weight excluding hydrogens is 874 g/mol. The van der Waals surface area contributed by atoms with Crippen LogP contribution in [-0.4, -0.2) is 11.3 Å². The molecule has 6 rings (SSSR count). The van der Waals surface area contributed by atoms with Gasteiger partial charge in [0.05, 0.1) is 22.3 Å². The summed E-state index contributed by atoms with van der Waals surface area (Å²) in [5.74, 6) is 0.901. The number of aryl methyl sites for hydroxylation is 4. The first-order chi connectivity index (χ1) is 26.8. The van der Waals surface area contributed by atoms with E-state index in [4.69, 9.17) is 0 Å². The second kappa shape index (κ2) is 19.2. The molecule has 0 N–H and O–H groups in total. The van der Waals surface area contributed by atoms with Crippen molar-refractivity contribution in [3.05, 3.63) is 130 Å². The zero-order valence-corrected chi connectivity index (χ0v) is 35.7. The first-order valence-corrected chi connectivity index (χ1v) is 21.6. The van der Waals surface area contributed by atoms with Crippen LogP contribution in [0.5, 0.6) is 0 Å². The molecule has 322 valence electrons. The Balaban J connectivity index is 0.000000271. The molecule has 1 unspecified atom stereocenters. The van der Waals surface area contributed by atoms with Crippen molar-refractivity contribution >= 4 is 37.1 Å². The van der Waals surface area contributed by atoms with E-state index < -0.39 is 71.1 Å². The first-order valence-electron chi connectivity index (χ1n) is 18.8. The van der Waals surface area contributed by atoms with Crippen molar-refractivity contribution in [3.8, 4) is 0 Å². The second-order valence-corrected chi connectivity index (χ2v) is 20.3. The minimum Gasteiger partial charge on any atom is -0.166 e. The fourth-order valence-corrected chi connectivity index (χ4v) is 14.2. The quantitative estimate of drug-likeness (QED) is 0.0984. The van der Waals surface area contributed by atoms with Crippen LogP contribution in [0.1, 0.15) is 90.0 Å². The van der Waals surface area contributed by atoms with E-state index >= 15 is 0 Å². The molecule has 0 aromatic heterocycles. The van der Waals surface area contributed by atoms with Crippen LogP contribution >= 0.6 is 15.8 Å². The summed E-state index contributed by atoms with van der Waals surface area (Å²) in [6, 6.07) is 15.6. The zero-order chi connectivity index (χ0) is 43.0. The van der Waals surface area contributed by atoms with Gasteiger partial charge in [-0.2, -0.15) is 52.7 Å². The molecule has 15 heteroatoms. The van der Waals surface area contributed by atoms with Gasteiger partial charge in [-0.1, -0.05) is 78.4 Å². The van der Waals surface area contributed by atoms with Crippen LogP contribution < -0.4 is 21.2 Å². The third kappa shape index (κ3) is 12.7. The van der Waals surface area contributed by atoms with Gasteiger partial charge in [-0.05, 0) is 157 Å². The molecule has 2 radical (unpaired) electrons. The fraction of sp³-hybridized carbons (Fsp3) is 0.409. The smallest absolute Gasteiger partial charge is 0.166 e. The molecule has 4 aromatic rings. The molecule has 0 bridgehead atoms. The fourth-order valence-electron chi connectivity index (χ4n) is 7.97. The maximum Gasteiger partial charge on any atom is 0.416 e. The van der Waals surface area contributed by atoms with Crippen LogP contribution in [0.2, 0.25) is 0 Å². The summed E-state index contributed by atoms with van der Waals surface area (Å²) in [6.07, 6.45) is -11.8. The van der Waals surface area contributed by atoms with Crippen molar-refractivity contribution in [3.63, 3.8) is 0 Å². The molecule has 0 spiro atoms. The minimum absolute atomic E-state index is 0. The van der Waals surface area contributed by atoms with Gasteiger partial charge in [0.15, 0.2) is 0 Å². The molecule has 2 fully saturated rings. The van der Waals surface area contributed by atoms with Crippen LogP contribution in [-0.2, 0) is 41.8 Å². The summed E-state index contributed by atoms with van der Waals surface area (Å²) in [5.41, 5.74) is -1.27. The predicted molar refractivity (Wildman–Crippen MR) is 210 cm³/mol. The molecule has 0 heterocycles. The van der Waals surface area contributed by atoms with E-state index in [1.165, 1.54) is 60.8 Å². The van der Waals surface area contributed by atoms with E-state index in [-0.39, 0.29) is 43.5 Å². The number of hydrogen-bond donors (Lipinski definition) is 0. The van der Waals surface area contributed by atoms with Gasteiger partial charge in [0, 0.05) is 17.1 Å². The maximum absolute atomic E-state index is 13.3. The molecule has 2 atom stereocenters. The van der Waals surface area contributed by atoms with Crippen LogP contribution in [0.15, 0.2) is 72.8 Å². The van der Waals surface area contributed by atoms with Crippen molar-refractivity contribution in [2.45, 2.75) is 109 Å². The Labute approximate surface area is 350 Å². The van der Waals surface area contributed by atoms with Crippen LogP contribution in [0, 0.1) is 46.5 Å². The van der Waals surface area contributed by atoms with Crippen molar-refractivity contribution in [2.24, 2.45) is 5.92 Å². The van der Waals surface area contributed by atoms with E-state index in [1.54, 1.807) is 10.6 Å². The molecule has 0 aliphatic heterocycles. The van der Waals surface area contributed by atoms with Crippen molar-refractivity contribution in [1.29, 1.82) is 0 Å². The summed E-state index contributed by atoms with van der Waals surface area (Å²) in [6.45, 7) is 11.5. The third-order valence-corrected chi connectivity index (χ3v) is 16.1. The predicted octanol–water partition coefficient (Wildman–Crippen LogP) is 13.7. The van der Waals surface area contributed by atoms with Crippen molar-refractivity contribution in [1.82, 2.24) is 0 Å². The molecule has 0 amide bonds. The van der Waals surface area contributed by atoms with Gasteiger partial charge in [0.2, 0.25) is 0 Å². The molecule has 4 aromatic carbocycles. The van der Waals surface area contributed by atoms with Crippen molar-refractivity contribution < 1.29 is 69.8 Å². The number of rotatable bonds is 7. The monoisotopic (exact) mass is 918 g/mol. The van der Waals surface area contributed by atoms with Gasteiger partial charge >= 0.3 is 24.7 Å². The summed E-state index contributed by atoms with van der Waals surface area (Å²) < 4.78 is 160. The van der Waals surface area contributed by atoms with Gasteiger partial charge in [0.1, 0.15) is 0 Å². The van der Waals surface area contributed by atoms with Gasteiger partial charge in [-0.15, -0.1) is 0 Å². The Morgan fingerprint density at radius 2 is 0.814 bits per heavy atom. The molecular formula is C44H44F12FeP2. The number of alkyl halides is 12. The van der Waals surface area contributed by atoms with Crippen LogP contribution in [0.4, 0.5) is 52.7 Å². The molecule has 59 heavy (non-hydrogen) atoms. The Hall–Kier alpha value is -2.58. The Kier molecular flexibility index (Phi) is 16.0. The normalized spacial score (nSPS) is 16.3. The molecule has 2 saturated carbocycles. The van der Waals surface area contributed by atoms with E-state index in [0.29, 0.717) is 30.7 Å². The SMILES string of the molecule is Cc1cc(C)cc(P(c2cc(C)cc(C)c2)[C@H](C)C2CCCC2)c1.FC(F)(F)c1cc(P(c2cc(C(F)(F)F)cc(C(F)(F)F)c2)C2[CH][CH]CC2)cc(C(F)(F)F)c1.[Fe]. The summed E-state index contributed by atoms with van der Waals surface area (Å²) >= 11 is 0. The standard InChI is InChI=1S/C23H31P.C21H13F12P.Fe/c1-16-10-17(2)13-22(12-16)24(20(5)21-8-6-7-9-21)23-14-18(3)11-19(4)15-23;22-18(23,24)11-5-12(19(25,26)27)8-16(7-11)34(15-3-1-2-4-15)17-9-13(20(28,29)30)6-14(10-17)21(31,32)33;/h10-15,20-21H,6-9H2,1-5H3;1,3,5-10,15H,2,4H2;/t20-;;/m1../s1. The summed E-state index contributed by atoms with van der Waals surface area (Å²) in [5, 5.41) is 1.90. The van der Waals surface area contributed by atoms with Crippen LogP contribution in [0.25, 0.3) is 0 Å². The van der Waals surface area contributed by atoms with Crippen LogP contribution in [0.3, 0.4) is 0 Å². The maximum atomic E-state index is 13.3. The van der Waals surface area contributed by atoms with Gasteiger partial charge < -0.3 is 0 Å². The van der Waals surface area contributed by atoms with Gasteiger partial charge in [0.25, 0.3) is 0 Å². The van der Waals surface area contributed by atoms with Gasteiger partial charge in [-0.25, -0.2) is 0 Å². The van der Waals surface area contributed by atoms with E-state index in [1.807, 2.05) is 0 Å². The number of benzene rings is 4. The molecule has 0 saturated heterocycles. The Morgan fingerprint density at radius 3 is 1.10 bits per heavy atom. The average molecular weight is 919 g/mol. The summed E-state index contributed by atoms with van der Waals surface area (Å²) in [7, 11) is -2.78. The first kappa shape index (κ1) is 49.1. The Morgan fingerprint density at radius 1 is 0.475 bits per heavy atom. The average Bonchev–Trinajstić information content (AvgIpc) is 3.82. The van der Waals surface area contributed by atoms with Gasteiger partial charge in [-0.3, -0.25) is 0 Å². The summed E-state index contributed by atoms with van der Waals surface area (Å²) in [4.78, 5) is 0. The number of halogens is 12. The number of hydrogen-bond acceptors (Lipinski definition) is 0. The van der Waals surface area contributed by atoms with E-state index in [2.05, 4.69) is 71.0 Å².